The number of esters is 1. The van der Waals surface area contributed by atoms with Crippen molar-refractivity contribution >= 4 is 53.8 Å². The zero-order chi connectivity index (χ0) is 17.7. The minimum absolute atomic E-state index is 0.0931. The number of hydrogen-bond donors (Lipinski definition) is 0. The fourth-order valence-corrected chi connectivity index (χ4v) is 3.28. The van der Waals surface area contributed by atoms with Gasteiger partial charge in [-0.05, 0) is 58.7 Å². The molecule has 24 heavy (non-hydrogen) atoms. The number of hydrogen-bond acceptors (Lipinski definition) is 3. The number of benzene rings is 2. The number of carbonyl (C=O) groups excluding carboxylic acids is 1. The van der Waals surface area contributed by atoms with Gasteiger partial charge in [-0.2, -0.15) is 0 Å². The third-order valence-electron chi connectivity index (χ3n) is 3.12. The Labute approximate surface area is 166 Å². The van der Waals surface area contributed by atoms with E-state index in [0.717, 1.165) is 19.0 Å². The molecule has 0 aliphatic carbocycles. The van der Waals surface area contributed by atoms with Crippen molar-refractivity contribution in [3.8, 4) is 5.75 Å². The molecule has 1 unspecified atom stereocenters. The number of ether oxygens (including phenoxy) is 2. The molecule has 0 aromatic heterocycles. The summed E-state index contributed by atoms with van der Waals surface area (Å²) >= 11 is 10.3. The molecule has 0 N–H and O–H groups in total. The first-order chi connectivity index (χ1) is 11.4. The van der Waals surface area contributed by atoms with Gasteiger partial charge in [0.25, 0.3) is 0 Å². The van der Waals surface area contributed by atoms with Crippen LogP contribution in [0.1, 0.15) is 18.6 Å². The predicted molar refractivity (Wildman–Crippen MR) is 105 cm³/mol. The summed E-state index contributed by atoms with van der Waals surface area (Å²) in [5.74, 6) is 0.230. The molecule has 1 atom stereocenters. The first-order valence-electron chi connectivity index (χ1n) is 7.06. The highest BCUT2D eigenvalue weighted by Gasteiger charge is 2.18. The molecule has 0 aliphatic heterocycles. The smallest absolute Gasteiger partial charge is 0.333 e. The minimum atomic E-state index is -0.435. The zero-order valence-electron chi connectivity index (χ0n) is 12.9. The highest BCUT2D eigenvalue weighted by atomic mass is 79.9. The molecule has 0 bridgehead atoms. The normalized spacial score (nSPS) is 11.7. The molecular formula is C18H15Br3O3. The van der Waals surface area contributed by atoms with Crippen molar-refractivity contribution in [2.45, 2.75) is 13.0 Å². The Morgan fingerprint density at radius 3 is 2.29 bits per heavy atom. The van der Waals surface area contributed by atoms with Crippen LogP contribution in [0.15, 0.2) is 68.0 Å². The van der Waals surface area contributed by atoms with Crippen LogP contribution in [0.4, 0.5) is 0 Å². The summed E-state index contributed by atoms with van der Waals surface area (Å²) in [7, 11) is 0. The Morgan fingerprint density at radius 2 is 1.71 bits per heavy atom. The fourth-order valence-electron chi connectivity index (χ4n) is 1.87. The van der Waals surface area contributed by atoms with Crippen LogP contribution in [0, 0.1) is 0 Å². The van der Waals surface area contributed by atoms with Gasteiger partial charge in [0.2, 0.25) is 0 Å². The molecule has 2 aromatic rings. The van der Waals surface area contributed by atoms with Gasteiger partial charge in [0.05, 0.1) is 4.47 Å². The van der Waals surface area contributed by atoms with Gasteiger partial charge in [0.15, 0.2) is 6.10 Å². The molecule has 6 heteroatoms. The van der Waals surface area contributed by atoms with E-state index in [1.54, 1.807) is 6.92 Å². The summed E-state index contributed by atoms with van der Waals surface area (Å²) in [5, 5.41) is 0. The molecule has 0 amide bonds. The van der Waals surface area contributed by atoms with Crippen molar-refractivity contribution in [2.24, 2.45) is 0 Å². The van der Waals surface area contributed by atoms with Gasteiger partial charge in [-0.15, -0.1) is 0 Å². The van der Waals surface area contributed by atoms with Crippen molar-refractivity contribution in [1.29, 1.82) is 0 Å². The number of carbonyl (C=O) groups is 1. The lowest BCUT2D eigenvalue weighted by molar-refractivity contribution is -0.141. The van der Waals surface area contributed by atoms with Crippen LogP contribution in [0.5, 0.6) is 5.75 Å². The Bertz CT molecular complexity index is 742. The van der Waals surface area contributed by atoms with Crippen LogP contribution >= 0.6 is 47.8 Å². The fraction of sp³-hybridized carbons (Fsp3) is 0.167. The van der Waals surface area contributed by atoms with E-state index in [2.05, 4.69) is 54.4 Å². The third-order valence-corrected chi connectivity index (χ3v) is 4.76. The monoisotopic (exact) mass is 516 g/mol. The maximum absolute atomic E-state index is 11.7. The highest BCUT2D eigenvalue weighted by Crippen LogP contribution is 2.32. The van der Waals surface area contributed by atoms with Gasteiger partial charge in [-0.25, -0.2) is 4.79 Å². The Balaban J connectivity index is 2.22. The lowest BCUT2D eigenvalue weighted by Gasteiger charge is -2.20. The average Bonchev–Trinajstić information content (AvgIpc) is 2.53. The van der Waals surface area contributed by atoms with Crippen LogP contribution < -0.4 is 4.74 Å². The topological polar surface area (TPSA) is 35.5 Å². The van der Waals surface area contributed by atoms with Gasteiger partial charge in [0, 0.05) is 14.5 Å². The number of halogens is 3. The van der Waals surface area contributed by atoms with Crippen molar-refractivity contribution in [2.75, 3.05) is 6.61 Å². The predicted octanol–water partition coefficient (Wildman–Crippen LogP) is 6.21. The Kier molecular flexibility index (Phi) is 7.07. The van der Waals surface area contributed by atoms with E-state index in [1.165, 1.54) is 0 Å². The molecule has 0 spiro atoms. The lowest BCUT2D eigenvalue weighted by atomic mass is 10.1. The first-order valence-corrected chi connectivity index (χ1v) is 9.44. The standard InChI is InChI=1S/C18H15Br3O3/c1-11(2)18(22)23-10-17(12-3-5-13(19)6-4-12)24-16-8-7-14(20)9-15(16)21/h3-9,17H,1,10H2,2H3. The maximum atomic E-state index is 11.7. The molecule has 0 saturated heterocycles. The van der Waals surface area contributed by atoms with Gasteiger partial charge in [0.1, 0.15) is 12.4 Å². The van der Waals surface area contributed by atoms with E-state index < -0.39 is 12.1 Å². The summed E-state index contributed by atoms with van der Waals surface area (Å²) in [6, 6.07) is 13.3. The highest BCUT2D eigenvalue weighted by molar-refractivity contribution is 9.11. The zero-order valence-corrected chi connectivity index (χ0v) is 17.6. The van der Waals surface area contributed by atoms with E-state index in [9.17, 15) is 4.79 Å². The Morgan fingerprint density at radius 1 is 1.08 bits per heavy atom. The molecule has 0 heterocycles. The second kappa shape index (κ2) is 8.83. The van der Waals surface area contributed by atoms with Crippen LogP contribution in [0.2, 0.25) is 0 Å². The molecule has 3 nitrogen and oxygen atoms in total. The van der Waals surface area contributed by atoms with Gasteiger partial charge in [-0.3, -0.25) is 0 Å². The lowest BCUT2D eigenvalue weighted by Crippen LogP contribution is -2.18. The van der Waals surface area contributed by atoms with Crippen LogP contribution in [0.25, 0.3) is 0 Å². The van der Waals surface area contributed by atoms with E-state index in [1.807, 2.05) is 42.5 Å². The van der Waals surface area contributed by atoms with Gasteiger partial charge < -0.3 is 9.47 Å². The van der Waals surface area contributed by atoms with Crippen LogP contribution in [-0.2, 0) is 9.53 Å². The summed E-state index contributed by atoms with van der Waals surface area (Å²) in [6.45, 7) is 5.30. The Hall–Kier alpha value is -1.11. The SMILES string of the molecule is C=C(C)C(=O)OCC(Oc1ccc(Br)cc1Br)c1ccc(Br)cc1. The summed E-state index contributed by atoms with van der Waals surface area (Å²) < 4.78 is 14.1. The molecule has 2 rings (SSSR count). The van der Waals surface area contributed by atoms with E-state index >= 15 is 0 Å². The maximum Gasteiger partial charge on any atom is 0.333 e. The van der Waals surface area contributed by atoms with Crippen molar-refractivity contribution in [1.82, 2.24) is 0 Å². The van der Waals surface area contributed by atoms with E-state index in [-0.39, 0.29) is 6.61 Å². The van der Waals surface area contributed by atoms with Crippen molar-refractivity contribution in [3.05, 3.63) is 73.6 Å². The summed E-state index contributed by atoms with van der Waals surface area (Å²) in [5.41, 5.74) is 1.26. The largest absolute Gasteiger partial charge is 0.481 e. The summed E-state index contributed by atoms with van der Waals surface area (Å²) in [6.07, 6.45) is -0.432. The van der Waals surface area contributed by atoms with E-state index in [4.69, 9.17) is 9.47 Å². The quantitative estimate of drug-likeness (QED) is 0.337. The molecule has 2 aromatic carbocycles. The average molecular weight is 519 g/mol. The minimum Gasteiger partial charge on any atom is -0.481 e. The second-order valence-corrected chi connectivity index (χ2v) is 7.80. The van der Waals surface area contributed by atoms with Gasteiger partial charge in [-0.1, -0.05) is 50.6 Å². The third kappa shape index (κ3) is 5.46. The summed E-state index contributed by atoms with van der Waals surface area (Å²) in [4.78, 5) is 11.7. The molecule has 126 valence electrons. The molecule has 0 fully saturated rings. The van der Waals surface area contributed by atoms with Gasteiger partial charge >= 0.3 is 5.97 Å². The van der Waals surface area contributed by atoms with Crippen molar-refractivity contribution < 1.29 is 14.3 Å². The van der Waals surface area contributed by atoms with Crippen LogP contribution in [0.3, 0.4) is 0 Å². The molecular weight excluding hydrogens is 504 g/mol. The second-order valence-electron chi connectivity index (χ2n) is 5.11. The number of rotatable bonds is 6. The molecule has 0 radical (unpaired) electrons. The molecule has 0 aliphatic rings. The van der Waals surface area contributed by atoms with E-state index in [0.29, 0.717) is 11.3 Å². The first kappa shape index (κ1) is 19.2. The van der Waals surface area contributed by atoms with Crippen molar-refractivity contribution in [3.63, 3.8) is 0 Å². The molecule has 0 saturated carbocycles. The van der Waals surface area contributed by atoms with Crippen LogP contribution in [-0.4, -0.2) is 12.6 Å².